The van der Waals surface area contributed by atoms with Gasteiger partial charge >= 0.3 is 0 Å². The van der Waals surface area contributed by atoms with E-state index in [1.54, 1.807) is 0 Å². The van der Waals surface area contributed by atoms with Crippen LogP contribution in [0.1, 0.15) is 103 Å². The van der Waals surface area contributed by atoms with Gasteiger partial charge < -0.3 is 14.3 Å². The Labute approximate surface area is 160 Å². The molecule has 4 heteroatoms. The molecular weight excluding hydrogens is 328 g/mol. The Morgan fingerprint density at radius 1 is 0.808 bits per heavy atom. The lowest BCUT2D eigenvalue weighted by molar-refractivity contribution is -0.119. The highest BCUT2D eigenvalue weighted by Crippen LogP contribution is 2.14. The third kappa shape index (κ3) is 14.4. The Hall–Kier alpha value is -0.740. The van der Waals surface area contributed by atoms with E-state index in [-0.39, 0.29) is 6.10 Å². The van der Waals surface area contributed by atoms with Crippen molar-refractivity contribution in [1.82, 2.24) is 0 Å². The molecule has 4 nitrogen and oxygen atoms in total. The van der Waals surface area contributed by atoms with Gasteiger partial charge in [0.1, 0.15) is 12.1 Å². The molecule has 0 aliphatic carbocycles. The fourth-order valence-electron chi connectivity index (χ4n) is 3.45. The second kappa shape index (κ2) is 17.7. The van der Waals surface area contributed by atoms with Crippen molar-refractivity contribution in [1.29, 1.82) is 0 Å². The van der Waals surface area contributed by atoms with Crippen LogP contribution in [0.15, 0.2) is 0 Å². The van der Waals surface area contributed by atoms with Gasteiger partial charge in [0.25, 0.3) is 0 Å². The van der Waals surface area contributed by atoms with Gasteiger partial charge in [0.05, 0.1) is 12.7 Å². The molecule has 0 bridgehead atoms. The van der Waals surface area contributed by atoms with Crippen molar-refractivity contribution in [3.63, 3.8) is 0 Å². The second-order valence-corrected chi connectivity index (χ2v) is 7.59. The predicted molar refractivity (Wildman–Crippen MR) is 106 cm³/mol. The Morgan fingerprint density at radius 2 is 1.42 bits per heavy atom. The molecule has 0 N–H and O–H groups in total. The van der Waals surface area contributed by atoms with Crippen LogP contribution in [0, 0.1) is 0 Å². The molecule has 1 unspecified atom stereocenters. The Bertz CT molecular complexity index is 335. The third-order valence-electron chi connectivity index (χ3n) is 5.10. The van der Waals surface area contributed by atoms with E-state index in [2.05, 4.69) is 0 Å². The lowest BCUT2D eigenvalue weighted by Gasteiger charge is -2.13. The monoisotopic (exact) mass is 368 g/mol. The minimum Gasteiger partial charge on any atom is -0.379 e. The number of rotatable bonds is 17. The van der Waals surface area contributed by atoms with Crippen LogP contribution in [0.3, 0.4) is 0 Å². The summed E-state index contributed by atoms with van der Waals surface area (Å²) in [5.41, 5.74) is 0. The highest BCUT2D eigenvalue weighted by atomic mass is 16.5. The maximum Gasteiger partial charge on any atom is 0.132 e. The molecule has 0 saturated carbocycles. The van der Waals surface area contributed by atoms with Gasteiger partial charge in [-0.05, 0) is 32.1 Å². The molecule has 26 heavy (non-hydrogen) atoms. The first-order valence-electron chi connectivity index (χ1n) is 11.0. The number of hydrogen-bond acceptors (Lipinski definition) is 4. The molecule has 1 fully saturated rings. The molecular formula is C22H40O4. The van der Waals surface area contributed by atoms with Crippen LogP contribution >= 0.6 is 0 Å². The lowest BCUT2D eigenvalue weighted by atomic mass is 10.0. The molecule has 0 amide bonds. The first-order chi connectivity index (χ1) is 12.8. The van der Waals surface area contributed by atoms with E-state index >= 15 is 0 Å². The summed E-state index contributed by atoms with van der Waals surface area (Å²) in [6.45, 7) is 2.34. The van der Waals surface area contributed by atoms with Crippen molar-refractivity contribution < 1.29 is 19.1 Å². The van der Waals surface area contributed by atoms with Gasteiger partial charge in [-0.25, -0.2) is 0 Å². The van der Waals surface area contributed by atoms with Crippen LogP contribution in [0.25, 0.3) is 0 Å². The summed E-state index contributed by atoms with van der Waals surface area (Å²) in [6, 6.07) is 0. The third-order valence-corrected chi connectivity index (χ3v) is 5.10. The minimum atomic E-state index is 0.234. The molecule has 0 spiro atoms. The topological polar surface area (TPSA) is 52.6 Å². The fourth-order valence-corrected chi connectivity index (χ4v) is 3.45. The first-order valence-corrected chi connectivity index (χ1v) is 11.0. The molecule has 152 valence electrons. The van der Waals surface area contributed by atoms with E-state index in [0.717, 1.165) is 77.3 Å². The molecule has 1 atom stereocenters. The van der Waals surface area contributed by atoms with Crippen LogP contribution in [0.5, 0.6) is 0 Å². The minimum absolute atomic E-state index is 0.234. The van der Waals surface area contributed by atoms with E-state index in [9.17, 15) is 9.59 Å². The quantitative estimate of drug-likeness (QED) is 0.254. The summed E-state index contributed by atoms with van der Waals surface area (Å²) in [6.07, 6.45) is 18.4. The van der Waals surface area contributed by atoms with Crippen molar-refractivity contribution in [2.24, 2.45) is 0 Å². The van der Waals surface area contributed by atoms with Gasteiger partial charge in [0, 0.05) is 32.5 Å². The number of ether oxygens (including phenoxy) is 2. The summed E-state index contributed by atoms with van der Waals surface area (Å²) in [5, 5.41) is 0. The highest BCUT2D eigenvalue weighted by molar-refractivity contribution is 5.78. The van der Waals surface area contributed by atoms with Gasteiger partial charge in [-0.15, -0.1) is 0 Å². The van der Waals surface area contributed by atoms with Crippen molar-refractivity contribution in [2.75, 3.05) is 19.8 Å². The molecule has 0 aromatic rings. The highest BCUT2D eigenvalue weighted by Gasteiger charge is 2.12. The van der Waals surface area contributed by atoms with Gasteiger partial charge in [0.2, 0.25) is 0 Å². The van der Waals surface area contributed by atoms with Gasteiger partial charge in [0.15, 0.2) is 0 Å². The van der Waals surface area contributed by atoms with Crippen LogP contribution < -0.4 is 0 Å². The normalized spacial score (nSPS) is 17.8. The van der Waals surface area contributed by atoms with Gasteiger partial charge in [-0.2, -0.15) is 0 Å². The second-order valence-electron chi connectivity index (χ2n) is 7.59. The molecule has 1 aliphatic heterocycles. The molecule has 0 aromatic heterocycles. The fraction of sp³-hybridized carbons (Fsp3) is 0.909. The average Bonchev–Trinajstić information content (AvgIpc) is 2.92. The molecule has 1 heterocycles. The number of ketones is 1. The van der Waals surface area contributed by atoms with E-state index in [1.807, 2.05) is 0 Å². The van der Waals surface area contributed by atoms with Crippen molar-refractivity contribution in [3.8, 4) is 0 Å². The maximum atomic E-state index is 11.9. The standard InChI is InChI=1S/C22H40O4/c23-17-12-8-6-4-2-1-3-5-7-9-14-21(24)15-10-11-16-22-20-25-18-13-19-26-22/h17,22H,1-16,18-20H2. The molecule has 1 aliphatic rings. The zero-order valence-corrected chi connectivity index (χ0v) is 16.7. The van der Waals surface area contributed by atoms with E-state index in [0.29, 0.717) is 12.4 Å². The van der Waals surface area contributed by atoms with Crippen molar-refractivity contribution in [2.45, 2.75) is 109 Å². The molecule has 1 saturated heterocycles. The summed E-state index contributed by atoms with van der Waals surface area (Å²) in [4.78, 5) is 22.1. The zero-order chi connectivity index (χ0) is 18.7. The molecule has 1 rings (SSSR count). The van der Waals surface area contributed by atoms with Crippen molar-refractivity contribution >= 4 is 12.1 Å². The average molecular weight is 369 g/mol. The Balaban J connectivity index is 1.80. The molecule has 0 radical (unpaired) electrons. The predicted octanol–water partition coefficient (Wildman–Crippen LogP) is 5.41. The zero-order valence-electron chi connectivity index (χ0n) is 16.7. The first kappa shape index (κ1) is 23.3. The van der Waals surface area contributed by atoms with E-state index < -0.39 is 0 Å². The summed E-state index contributed by atoms with van der Waals surface area (Å²) >= 11 is 0. The number of carbonyl (C=O) groups excluding carboxylic acids is 2. The van der Waals surface area contributed by atoms with Gasteiger partial charge in [-0.3, -0.25) is 4.79 Å². The lowest BCUT2D eigenvalue weighted by Crippen LogP contribution is -2.17. The number of Topliss-reactive ketones (excluding diaryl/α,β-unsaturated/α-hetero) is 1. The summed E-state index contributed by atoms with van der Waals surface area (Å²) < 4.78 is 11.2. The number of hydrogen-bond donors (Lipinski definition) is 0. The SMILES string of the molecule is O=CCCCCCCCCCCCC(=O)CCCCC1COCCCO1. The van der Waals surface area contributed by atoms with Gasteiger partial charge in [-0.1, -0.05) is 51.4 Å². The smallest absolute Gasteiger partial charge is 0.132 e. The number of aldehydes is 1. The maximum absolute atomic E-state index is 11.9. The summed E-state index contributed by atoms with van der Waals surface area (Å²) in [5.74, 6) is 0.429. The van der Waals surface area contributed by atoms with E-state index in [4.69, 9.17) is 9.47 Å². The van der Waals surface area contributed by atoms with Crippen LogP contribution in [0.2, 0.25) is 0 Å². The van der Waals surface area contributed by atoms with Crippen LogP contribution in [-0.4, -0.2) is 38.0 Å². The van der Waals surface area contributed by atoms with Crippen molar-refractivity contribution in [3.05, 3.63) is 0 Å². The largest absolute Gasteiger partial charge is 0.379 e. The number of unbranched alkanes of at least 4 members (excludes halogenated alkanes) is 10. The Kier molecular flexibility index (Phi) is 15.8. The number of carbonyl (C=O) groups is 2. The van der Waals surface area contributed by atoms with Crippen LogP contribution in [0.4, 0.5) is 0 Å². The van der Waals surface area contributed by atoms with E-state index in [1.165, 1.54) is 44.9 Å². The Morgan fingerprint density at radius 3 is 2.12 bits per heavy atom. The summed E-state index contributed by atoms with van der Waals surface area (Å²) in [7, 11) is 0. The van der Waals surface area contributed by atoms with Crippen LogP contribution in [-0.2, 0) is 19.1 Å². The molecule has 0 aromatic carbocycles.